The van der Waals surface area contributed by atoms with E-state index in [0.29, 0.717) is 6.04 Å². The second-order valence-electron chi connectivity index (χ2n) is 5.49. The third-order valence-corrected chi connectivity index (χ3v) is 3.60. The van der Waals surface area contributed by atoms with Crippen LogP contribution in [0.25, 0.3) is 0 Å². The van der Waals surface area contributed by atoms with Crippen LogP contribution < -0.4 is 5.32 Å². The first-order chi connectivity index (χ1) is 9.54. The van der Waals surface area contributed by atoms with Gasteiger partial charge in [0.2, 0.25) is 0 Å². The predicted molar refractivity (Wildman–Crippen MR) is 78.0 cm³/mol. The van der Waals surface area contributed by atoms with E-state index in [9.17, 15) is 10.2 Å². The molecule has 20 heavy (non-hydrogen) atoms. The van der Waals surface area contributed by atoms with Crippen molar-refractivity contribution in [2.24, 2.45) is 0 Å². The Morgan fingerprint density at radius 3 is 2.35 bits per heavy atom. The minimum atomic E-state index is 0.0732. The van der Waals surface area contributed by atoms with Crippen LogP contribution in [0.15, 0.2) is 18.2 Å². The maximum Gasteiger partial charge on any atom is 0.119 e. The molecule has 0 bridgehead atoms. The van der Waals surface area contributed by atoms with Gasteiger partial charge in [0.1, 0.15) is 11.5 Å². The summed E-state index contributed by atoms with van der Waals surface area (Å²) in [5.41, 5.74) is 0.885. The maximum atomic E-state index is 9.53. The number of morpholine rings is 1. The molecule has 2 unspecified atom stereocenters. The number of hydrogen-bond donors (Lipinski definition) is 3. The average molecular weight is 280 g/mol. The average Bonchev–Trinajstić information content (AvgIpc) is 2.38. The zero-order valence-electron chi connectivity index (χ0n) is 12.2. The van der Waals surface area contributed by atoms with Gasteiger partial charge in [0, 0.05) is 37.8 Å². The molecule has 2 atom stereocenters. The van der Waals surface area contributed by atoms with E-state index in [4.69, 9.17) is 4.74 Å². The van der Waals surface area contributed by atoms with Gasteiger partial charge in [-0.3, -0.25) is 4.90 Å². The van der Waals surface area contributed by atoms with Crippen LogP contribution in [-0.4, -0.2) is 54.0 Å². The highest BCUT2D eigenvalue weighted by Crippen LogP contribution is 2.24. The summed E-state index contributed by atoms with van der Waals surface area (Å²) in [6.07, 6.45) is 0. The second-order valence-corrected chi connectivity index (χ2v) is 5.49. The molecule has 0 saturated carbocycles. The number of rotatable bonds is 5. The van der Waals surface area contributed by atoms with Crippen molar-refractivity contribution in [1.82, 2.24) is 10.2 Å². The van der Waals surface area contributed by atoms with Gasteiger partial charge in [-0.25, -0.2) is 0 Å². The first-order valence-electron chi connectivity index (χ1n) is 7.13. The molecule has 1 saturated heterocycles. The van der Waals surface area contributed by atoms with E-state index < -0.39 is 0 Å². The quantitative estimate of drug-likeness (QED) is 0.762. The third-order valence-electron chi connectivity index (χ3n) is 3.60. The minimum absolute atomic E-state index is 0.0732. The van der Waals surface area contributed by atoms with Gasteiger partial charge in [-0.15, -0.1) is 0 Å². The number of phenolic OH excluding ortho intramolecular Hbond substituents is 2. The van der Waals surface area contributed by atoms with Crippen LogP contribution in [0, 0.1) is 0 Å². The van der Waals surface area contributed by atoms with Crippen molar-refractivity contribution in [3.05, 3.63) is 23.8 Å². The van der Waals surface area contributed by atoms with Crippen LogP contribution in [0.3, 0.4) is 0 Å². The molecule has 2 rings (SSSR count). The predicted octanol–water partition coefficient (Wildman–Crippen LogP) is 1.47. The monoisotopic (exact) mass is 280 g/mol. The summed E-state index contributed by atoms with van der Waals surface area (Å²) in [6, 6.07) is 5.10. The Morgan fingerprint density at radius 2 is 1.75 bits per heavy atom. The number of nitrogens with zero attached hydrogens (tertiary/aromatic N) is 1. The molecule has 1 aliphatic rings. The van der Waals surface area contributed by atoms with Gasteiger partial charge in [-0.05, 0) is 31.5 Å². The van der Waals surface area contributed by atoms with Crippen molar-refractivity contribution < 1.29 is 14.9 Å². The molecule has 0 amide bonds. The Balaban J connectivity index is 1.87. The molecule has 1 aromatic carbocycles. The molecule has 112 valence electrons. The van der Waals surface area contributed by atoms with Crippen molar-refractivity contribution in [3.8, 4) is 11.5 Å². The number of ether oxygens (including phenoxy) is 1. The fourth-order valence-electron chi connectivity index (χ4n) is 2.61. The normalized spacial score (nSPS) is 19.7. The van der Waals surface area contributed by atoms with Gasteiger partial charge in [0.05, 0.1) is 13.2 Å². The van der Waals surface area contributed by atoms with Crippen LogP contribution >= 0.6 is 0 Å². The maximum absolute atomic E-state index is 9.53. The topological polar surface area (TPSA) is 65.0 Å². The lowest BCUT2D eigenvalue weighted by Gasteiger charge is -2.30. The molecule has 5 heteroatoms. The molecule has 1 fully saturated rings. The van der Waals surface area contributed by atoms with Gasteiger partial charge in [-0.1, -0.05) is 0 Å². The molecule has 1 aliphatic heterocycles. The lowest BCUT2D eigenvalue weighted by Crippen LogP contribution is -2.44. The summed E-state index contributed by atoms with van der Waals surface area (Å²) in [5.74, 6) is 0.184. The largest absolute Gasteiger partial charge is 0.508 e. The molecule has 1 aromatic rings. The number of hydrogen-bond acceptors (Lipinski definition) is 5. The first kappa shape index (κ1) is 15.1. The molecule has 0 aliphatic carbocycles. The molecule has 1 heterocycles. The van der Waals surface area contributed by atoms with Crippen LogP contribution in [0.4, 0.5) is 0 Å². The van der Waals surface area contributed by atoms with Crippen molar-refractivity contribution in [2.75, 3.05) is 32.8 Å². The molecule has 0 radical (unpaired) electrons. The van der Waals surface area contributed by atoms with Crippen LogP contribution in [0.2, 0.25) is 0 Å². The van der Waals surface area contributed by atoms with E-state index in [2.05, 4.69) is 17.1 Å². The summed E-state index contributed by atoms with van der Waals surface area (Å²) in [4.78, 5) is 2.38. The lowest BCUT2D eigenvalue weighted by molar-refractivity contribution is 0.0339. The molecule has 0 aromatic heterocycles. The fourth-order valence-corrected chi connectivity index (χ4v) is 2.61. The van der Waals surface area contributed by atoms with Crippen molar-refractivity contribution in [2.45, 2.75) is 25.9 Å². The van der Waals surface area contributed by atoms with Gasteiger partial charge in [-0.2, -0.15) is 0 Å². The Labute approximate surface area is 120 Å². The summed E-state index contributed by atoms with van der Waals surface area (Å²) in [7, 11) is 0. The van der Waals surface area contributed by atoms with Crippen LogP contribution in [0.5, 0.6) is 11.5 Å². The van der Waals surface area contributed by atoms with E-state index in [0.717, 1.165) is 38.4 Å². The van der Waals surface area contributed by atoms with E-state index in [1.807, 2.05) is 6.92 Å². The second kappa shape index (κ2) is 6.92. The van der Waals surface area contributed by atoms with Crippen molar-refractivity contribution in [3.63, 3.8) is 0 Å². The highest BCUT2D eigenvalue weighted by atomic mass is 16.5. The lowest BCUT2D eigenvalue weighted by atomic mass is 10.1. The van der Waals surface area contributed by atoms with Gasteiger partial charge in [0.25, 0.3) is 0 Å². The van der Waals surface area contributed by atoms with Gasteiger partial charge >= 0.3 is 0 Å². The SMILES string of the molecule is CC(CN1CCOCC1)NC(C)c1cc(O)cc(O)c1. The number of benzene rings is 1. The standard InChI is InChI=1S/C15H24N2O3/c1-11(10-17-3-5-20-6-4-17)16-12(2)13-7-14(18)9-15(19)8-13/h7-9,11-12,16,18-19H,3-6,10H2,1-2H3. The Bertz CT molecular complexity index is 413. The molecular formula is C15H24N2O3. The van der Waals surface area contributed by atoms with Crippen LogP contribution in [0.1, 0.15) is 25.5 Å². The Morgan fingerprint density at radius 1 is 1.15 bits per heavy atom. The number of nitrogens with one attached hydrogen (secondary N) is 1. The summed E-state index contributed by atoms with van der Waals surface area (Å²) in [6.45, 7) is 8.73. The van der Waals surface area contributed by atoms with E-state index in [1.54, 1.807) is 12.1 Å². The van der Waals surface area contributed by atoms with Crippen molar-refractivity contribution >= 4 is 0 Å². The highest BCUT2D eigenvalue weighted by Gasteiger charge is 2.16. The number of aromatic hydroxyl groups is 2. The minimum Gasteiger partial charge on any atom is -0.508 e. The zero-order valence-corrected chi connectivity index (χ0v) is 12.2. The first-order valence-corrected chi connectivity index (χ1v) is 7.13. The fraction of sp³-hybridized carbons (Fsp3) is 0.600. The summed E-state index contributed by atoms with van der Waals surface area (Å²) in [5, 5.41) is 22.5. The summed E-state index contributed by atoms with van der Waals surface area (Å²) < 4.78 is 5.34. The number of phenols is 2. The smallest absolute Gasteiger partial charge is 0.119 e. The Hall–Kier alpha value is -1.30. The van der Waals surface area contributed by atoms with Crippen molar-refractivity contribution in [1.29, 1.82) is 0 Å². The summed E-state index contributed by atoms with van der Waals surface area (Å²) >= 11 is 0. The third kappa shape index (κ3) is 4.37. The Kier molecular flexibility index (Phi) is 5.23. The molecule has 3 N–H and O–H groups in total. The molecule has 5 nitrogen and oxygen atoms in total. The zero-order chi connectivity index (χ0) is 14.5. The van der Waals surface area contributed by atoms with E-state index in [-0.39, 0.29) is 17.5 Å². The van der Waals surface area contributed by atoms with E-state index >= 15 is 0 Å². The van der Waals surface area contributed by atoms with Crippen LogP contribution in [-0.2, 0) is 4.74 Å². The van der Waals surface area contributed by atoms with E-state index in [1.165, 1.54) is 6.07 Å². The molecule has 0 spiro atoms. The highest BCUT2D eigenvalue weighted by molar-refractivity contribution is 5.37. The molecular weight excluding hydrogens is 256 g/mol. The van der Waals surface area contributed by atoms with Gasteiger partial charge in [0.15, 0.2) is 0 Å². The van der Waals surface area contributed by atoms with Gasteiger partial charge < -0.3 is 20.3 Å².